The molecule has 2 heterocycles. The monoisotopic (exact) mass is 508 g/mol. The molecule has 26 heavy (non-hydrogen) atoms. The first-order valence-corrected chi connectivity index (χ1v) is 15.0. The standard InChI is InChI=1S/C15H17ClIN5O3P/c1-11(7-22-9-21-13-14(18)19-8-20-15(13)22)24-10-26(23,17-16)25-12-5-3-2-4-6-12/h2-6,8-9,11H,7,10H2,1H3,(H2,18,19,20)/q-1/t11-,26?/m1/s1. The molecule has 0 spiro atoms. The van der Waals surface area contributed by atoms with Crippen molar-refractivity contribution in [1.29, 1.82) is 0 Å². The summed E-state index contributed by atoms with van der Waals surface area (Å²) in [6.45, 7) is 2.34. The summed E-state index contributed by atoms with van der Waals surface area (Å²) in [4.78, 5) is 12.3. The van der Waals surface area contributed by atoms with E-state index in [0.29, 0.717) is 29.3 Å². The van der Waals surface area contributed by atoms with Crippen LogP contribution in [0.5, 0.6) is 5.75 Å². The molecule has 0 radical (unpaired) electrons. The topological polar surface area (TPSA) is 105 Å². The van der Waals surface area contributed by atoms with Gasteiger partial charge in [0.15, 0.2) is 0 Å². The molecule has 2 atom stereocenters. The fourth-order valence-electron chi connectivity index (χ4n) is 2.27. The van der Waals surface area contributed by atoms with Crippen molar-refractivity contribution in [2.75, 3.05) is 12.1 Å². The Hall–Kier alpha value is -1.42. The second kappa shape index (κ2) is 8.51. The van der Waals surface area contributed by atoms with E-state index in [9.17, 15) is 4.57 Å². The van der Waals surface area contributed by atoms with E-state index >= 15 is 0 Å². The van der Waals surface area contributed by atoms with Gasteiger partial charge in [0.2, 0.25) is 0 Å². The van der Waals surface area contributed by atoms with Gasteiger partial charge in [-0.2, -0.15) is 0 Å². The Labute approximate surface area is 163 Å². The molecule has 140 valence electrons. The SMILES string of the molecule is C[C@H](Cn1cnc2c(N)ncnc21)OCP(=O)(Oc1ccccc1)[I-]Cl. The van der Waals surface area contributed by atoms with E-state index in [4.69, 9.17) is 23.9 Å². The van der Waals surface area contributed by atoms with Crippen molar-refractivity contribution in [1.82, 2.24) is 19.5 Å². The van der Waals surface area contributed by atoms with Crippen molar-refractivity contribution in [2.24, 2.45) is 0 Å². The van der Waals surface area contributed by atoms with Crippen LogP contribution in [0.25, 0.3) is 11.2 Å². The second-order valence-electron chi connectivity index (χ2n) is 5.49. The summed E-state index contributed by atoms with van der Waals surface area (Å²) in [5, 5.41) is -3.04. The summed E-state index contributed by atoms with van der Waals surface area (Å²) in [5.41, 5.74) is 6.96. The fraction of sp³-hybridized carbons (Fsp3) is 0.267. The van der Waals surface area contributed by atoms with Gasteiger partial charge in [0.05, 0.1) is 0 Å². The summed E-state index contributed by atoms with van der Waals surface area (Å²) in [5.74, 6) is 0.857. The number of rotatable bonds is 8. The molecule has 3 aromatic rings. The number of halogens is 2. The van der Waals surface area contributed by atoms with Crippen molar-refractivity contribution >= 4 is 30.9 Å². The molecule has 2 aromatic heterocycles. The number of aromatic nitrogens is 4. The van der Waals surface area contributed by atoms with Crippen LogP contribution in [0.15, 0.2) is 43.0 Å². The molecule has 0 bridgehead atoms. The number of hydrogen-bond donors (Lipinski definition) is 1. The summed E-state index contributed by atoms with van der Waals surface area (Å²) >= 11 is -1.16. The van der Waals surface area contributed by atoms with Crippen molar-refractivity contribution in [3.05, 3.63) is 43.0 Å². The molecule has 8 nitrogen and oxygen atoms in total. The molecular weight excluding hydrogens is 492 g/mol. The number of para-hydroxylation sites is 1. The van der Waals surface area contributed by atoms with Gasteiger partial charge in [0.25, 0.3) is 0 Å². The Kier molecular flexibility index (Phi) is 6.33. The van der Waals surface area contributed by atoms with Gasteiger partial charge in [-0.05, 0) is 0 Å². The van der Waals surface area contributed by atoms with Crippen molar-refractivity contribution < 1.29 is 33.4 Å². The van der Waals surface area contributed by atoms with Crippen LogP contribution in [-0.2, 0) is 15.8 Å². The first-order chi connectivity index (χ1) is 12.5. The number of nitrogens with zero attached hydrogens (tertiary/aromatic N) is 4. The van der Waals surface area contributed by atoms with Gasteiger partial charge in [0, 0.05) is 0 Å². The minimum absolute atomic E-state index is 0.0381. The molecule has 11 heteroatoms. The molecule has 0 saturated carbocycles. The maximum atomic E-state index is 12.8. The summed E-state index contributed by atoms with van der Waals surface area (Å²) < 4.78 is 26.0. The zero-order chi connectivity index (χ0) is 18.6. The molecular formula is C15H17ClIN5O3P-. The van der Waals surface area contributed by atoms with E-state index in [1.807, 2.05) is 29.7 Å². The van der Waals surface area contributed by atoms with Gasteiger partial charge in [-0.15, -0.1) is 0 Å². The molecule has 0 aliphatic heterocycles. The van der Waals surface area contributed by atoms with Crippen LogP contribution in [0.3, 0.4) is 0 Å². The van der Waals surface area contributed by atoms with Crippen LogP contribution >= 0.6 is 13.9 Å². The molecule has 0 amide bonds. The molecule has 0 saturated heterocycles. The zero-order valence-corrected chi connectivity index (χ0v) is 17.6. The Balaban J connectivity index is 1.62. The van der Waals surface area contributed by atoms with Crippen LogP contribution < -0.4 is 29.8 Å². The molecule has 1 unspecified atom stereocenters. The van der Waals surface area contributed by atoms with E-state index in [-0.39, 0.29) is 12.5 Å². The maximum absolute atomic E-state index is 12.8. The van der Waals surface area contributed by atoms with E-state index in [1.54, 1.807) is 18.5 Å². The predicted molar refractivity (Wildman–Crippen MR) is 95.7 cm³/mol. The van der Waals surface area contributed by atoms with Crippen molar-refractivity contribution in [3.8, 4) is 5.75 Å². The Bertz CT molecular complexity index is 926. The van der Waals surface area contributed by atoms with Crippen molar-refractivity contribution in [2.45, 2.75) is 19.6 Å². The van der Waals surface area contributed by atoms with Crippen molar-refractivity contribution in [3.63, 3.8) is 0 Å². The third kappa shape index (κ3) is 4.64. The minimum atomic E-state index is -3.04. The normalized spacial score (nSPS) is 15.0. The number of fused-ring (bicyclic) bond motifs is 1. The van der Waals surface area contributed by atoms with Crippen LogP contribution in [-0.4, -0.2) is 32.0 Å². The van der Waals surface area contributed by atoms with E-state index in [2.05, 4.69) is 15.0 Å². The first kappa shape index (κ1) is 19.3. The molecule has 1 aromatic carbocycles. The number of imidazole rings is 1. The van der Waals surface area contributed by atoms with Gasteiger partial charge in [-0.3, -0.25) is 0 Å². The van der Waals surface area contributed by atoms with Gasteiger partial charge >= 0.3 is 164 Å². The quantitative estimate of drug-likeness (QED) is 0.344. The third-order valence-electron chi connectivity index (χ3n) is 3.48. The van der Waals surface area contributed by atoms with Crippen LogP contribution in [0.2, 0.25) is 0 Å². The number of hydrogen-bond acceptors (Lipinski definition) is 7. The number of nitrogens with two attached hydrogens (primary N) is 1. The first-order valence-electron chi connectivity index (χ1n) is 7.65. The Morgan fingerprint density at radius 3 is 2.81 bits per heavy atom. The van der Waals surface area contributed by atoms with Crippen LogP contribution in [0.1, 0.15) is 6.92 Å². The predicted octanol–water partition coefficient (Wildman–Crippen LogP) is 0.286. The van der Waals surface area contributed by atoms with E-state index in [0.717, 1.165) is 0 Å². The number of ether oxygens (including phenoxy) is 1. The van der Waals surface area contributed by atoms with Gasteiger partial charge in [-0.25, -0.2) is 0 Å². The van der Waals surface area contributed by atoms with Crippen LogP contribution in [0.4, 0.5) is 5.82 Å². The van der Waals surface area contributed by atoms with E-state index in [1.165, 1.54) is 6.33 Å². The molecule has 3 rings (SSSR count). The average Bonchev–Trinajstić information content (AvgIpc) is 3.05. The van der Waals surface area contributed by atoms with E-state index < -0.39 is 24.5 Å². The van der Waals surface area contributed by atoms with Crippen LogP contribution in [0, 0.1) is 0 Å². The summed E-state index contributed by atoms with van der Waals surface area (Å²) in [6.07, 6.45) is 2.73. The molecule has 2 N–H and O–H groups in total. The average molecular weight is 509 g/mol. The second-order valence-corrected chi connectivity index (χ2v) is 15.3. The molecule has 0 aliphatic rings. The number of anilines is 1. The zero-order valence-electron chi connectivity index (χ0n) is 13.8. The Morgan fingerprint density at radius 2 is 2.08 bits per heavy atom. The third-order valence-corrected chi connectivity index (χ3v) is 11.6. The summed E-state index contributed by atoms with van der Waals surface area (Å²) in [6, 6.07) is 8.97. The molecule has 0 aliphatic carbocycles. The molecule has 0 fully saturated rings. The fourth-order valence-corrected chi connectivity index (χ4v) is 6.23. The van der Waals surface area contributed by atoms with Gasteiger partial charge in [0.1, 0.15) is 0 Å². The Morgan fingerprint density at radius 1 is 1.31 bits per heavy atom. The summed E-state index contributed by atoms with van der Waals surface area (Å²) in [7, 11) is 5.98. The van der Waals surface area contributed by atoms with Gasteiger partial charge < -0.3 is 0 Å². The van der Waals surface area contributed by atoms with Gasteiger partial charge in [-0.1, -0.05) is 0 Å². The number of nitrogen functional groups attached to an aromatic ring is 1. The number of benzene rings is 1.